The first-order valence-corrected chi connectivity index (χ1v) is 13.4. The Morgan fingerprint density at radius 1 is 1.34 bits per heavy atom. The molecule has 3 N–H and O–H groups in total. The Morgan fingerprint density at radius 3 is 2.87 bits per heavy atom. The minimum Gasteiger partial charge on any atom is -0.504 e. The van der Waals surface area contributed by atoms with Gasteiger partial charge in [0.05, 0.1) is 23.3 Å². The molecule has 10 heteroatoms. The summed E-state index contributed by atoms with van der Waals surface area (Å²) in [6.45, 7) is 7.18. The van der Waals surface area contributed by atoms with Gasteiger partial charge in [-0.3, -0.25) is 14.8 Å². The van der Waals surface area contributed by atoms with Crippen LogP contribution in [0.2, 0.25) is 0 Å². The van der Waals surface area contributed by atoms with Gasteiger partial charge in [0.2, 0.25) is 0 Å². The van der Waals surface area contributed by atoms with Crippen molar-refractivity contribution in [3.8, 4) is 11.5 Å². The van der Waals surface area contributed by atoms with Crippen LogP contribution >= 0.6 is 0 Å². The number of ether oxygens (including phenoxy) is 2. The number of phenolic OH excluding ortho intramolecular Hbond substituents is 1. The molecular formula is C28H32N4O6. The van der Waals surface area contributed by atoms with E-state index >= 15 is 0 Å². The zero-order valence-electron chi connectivity index (χ0n) is 21.8. The topological polar surface area (TPSA) is 129 Å². The molecule has 0 radical (unpaired) electrons. The van der Waals surface area contributed by atoms with E-state index in [-0.39, 0.29) is 35.2 Å². The number of rotatable bonds is 5. The molecule has 2 bridgehead atoms. The second kappa shape index (κ2) is 7.83. The van der Waals surface area contributed by atoms with E-state index in [1.165, 1.54) is 23.6 Å². The zero-order valence-corrected chi connectivity index (χ0v) is 21.8. The van der Waals surface area contributed by atoms with Crippen LogP contribution in [0.15, 0.2) is 23.1 Å². The molecule has 2 aromatic heterocycles. The van der Waals surface area contributed by atoms with Crippen molar-refractivity contribution in [1.82, 2.24) is 19.5 Å². The third-order valence-corrected chi connectivity index (χ3v) is 9.41. The summed E-state index contributed by atoms with van der Waals surface area (Å²) in [6, 6.07) is 3.44. The van der Waals surface area contributed by atoms with Crippen LogP contribution < -0.4 is 10.3 Å². The molecule has 1 aromatic carbocycles. The predicted octanol–water partition coefficient (Wildman–Crippen LogP) is 2.38. The summed E-state index contributed by atoms with van der Waals surface area (Å²) < 4.78 is 12.9. The lowest BCUT2D eigenvalue weighted by Crippen LogP contribution is -2.71. The second-order valence-corrected chi connectivity index (χ2v) is 11.5. The Bertz CT molecular complexity index is 1550. The molecular weight excluding hydrogens is 488 g/mol. The molecule has 38 heavy (non-hydrogen) atoms. The fourth-order valence-electron chi connectivity index (χ4n) is 7.30. The van der Waals surface area contributed by atoms with Crippen LogP contribution in [0.4, 0.5) is 0 Å². The van der Waals surface area contributed by atoms with E-state index in [2.05, 4.69) is 10.00 Å². The van der Waals surface area contributed by atoms with Gasteiger partial charge in [-0.15, -0.1) is 0 Å². The maximum Gasteiger partial charge on any atom is 0.343 e. The third-order valence-electron chi connectivity index (χ3n) is 9.41. The Balaban J connectivity index is 1.44. The lowest BCUT2D eigenvalue weighted by Gasteiger charge is -2.59. The number of aromatic amines is 1. The molecule has 2 aliphatic heterocycles. The van der Waals surface area contributed by atoms with Crippen LogP contribution in [-0.2, 0) is 16.6 Å². The van der Waals surface area contributed by atoms with Gasteiger partial charge in [-0.2, -0.15) is 0 Å². The molecule has 3 aromatic rings. The van der Waals surface area contributed by atoms with Crippen molar-refractivity contribution in [2.45, 2.75) is 69.6 Å². The van der Waals surface area contributed by atoms with E-state index in [1.54, 1.807) is 19.9 Å². The minimum atomic E-state index is -1.22. The number of fused-ring (bicyclic) bond motifs is 2. The lowest BCUT2D eigenvalue weighted by molar-refractivity contribution is -0.156. The van der Waals surface area contributed by atoms with Crippen molar-refractivity contribution in [3.63, 3.8) is 0 Å². The molecule has 2 fully saturated rings. The van der Waals surface area contributed by atoms with E-state index in [9.17, 15) is 19.8 Å². The van der Waals surface area contributed by atoms with Crippen LogP contribution in [0.5, 0.6) is 11.5 Å². The highest BCUT2D eigenvalue weighted by atomic mass is 16.5. The highest BCUT2D eigenvalue weighted by Gasteiger charge is 2.69. The Morgan fingerprint density at radius 2 is 2.13 bits per heavy atom. The Hall–Kier alpha value is -3.37. The summed E-state index contributed by atoms with van der Waals surface area (Å²) in [4.78, 5) is 33.4. The number of phenols is 1. The second-order valence-electron chi connectivity index (χ2n) is 11.5. The van der Waals surface area contributed by atoms with Gasteiger partial charge in [-0.1, -0.05) is 6.07 Å². The van der Waals surface area contributed by atoms with Crippen molar-refractivity contribution in [2.75, 3.05) is 19.7 Å². The molecule has 200 valence electrons. The summed E-state index contributed by atoms with van der Waals surface area (Å²) in [6.07, 6.45) is 4.27. The number of nitrogens with one attached hydrogen (secondary N) is 1. The molecule has 1 spiro atoms. The molecule has 0 amide bonds. The van der Waals surface area contributed by atoms with Crippen LogP contribution in [-0.4, -0.2) is 67.0 Å². The molecule has 4 aliphatic rings. The molecule has 1 saturated carbocycles. The summed E-state index contributed by atoms with van der Waals surface area (Å²) in [5.41, 5.74) is 0.351. The van der Waals surface area contributed by atoms with E-state index in [0.717, 1.165) is 24.2 Å². The van der Waals surface area contributed by atoms with Crippen molar-refractivity contribution >= 4 is 11.6 Å². The quantitative estimate of drug-likeness (QED) is 0.438. The smallest absolute Gasteiger partial charge is 0.343 e. The van der Waals surface area contributed by atoms with E-state index in [0.29, 0.717) is 35.8 Å². The van der Waals surface area contributed by atoms with Crippen molar-refractivity contribution in [2.24, 2.45) is 5.92 Å². The number of H-pyrrole nitrogens is 1. The number of likely N-dealkylation sites (tertiary alicyclic amines) is 1. The van der Waals surface area contributed by atoms with Gasteiger partial charge in [0.1, 0.15) is 5.56 Å². The van der Waals surface area contributed by atoms with Gasteiger partial charge in [-0.05, 0) is 70.5 Å². The molecule has 7 rings (SSSR count). The number of carbonyl (C=O) groups excluding carboxylic acids is 1. The number of aliphatic hydroxyl groups is 1. The average molecular weight is 521 g/mol. The fourth-order valence-corrected chi connectivity index (χ4v) is 7.30. The van der Waals surface area contributed by atoms with Gasteiger partial charge in [0.15, 0.2) is 23.3 Å². The number of benzene rings is 1. The van der Waals surface area contributed by atoms with Crippen LogP contribution in [0.3, 0.4) is 0 Å². The first kappa shape index (κ1) is 23.7. The number of esters is 1. The maximum absolute atomic E-state index is 13.5. The van der Waals surface area contributed by atoms with Crippen molar-refractivity contribution in [3.05, 3.63) is 56.6 Å². The van der Waals surface area contributed by atoms with Gasteiger partial charge < -0.3 is 19.7 Å². The van der Waals surface area contributed by atoms with Gasteiger partial charge in [0, 0.05) is 29.9 Å². The standard InChI is InChI=1S/C28H32N4O6/c1-4-37-26(35)17-12-29-32-24(17)30-21(14(2)25(32)34)23-28-9-10-31(13-15-5-6-15)19(27(28,3)36)11-16-7-8-18(33)22(38-23)20(16)28/h7-8,12,15,19,23,29,33,36H,4-6,9-11,13H2,1-3H3/t19-,23+,27-,28+/m1/s1. The molecule has 1 saturated heterocycles. The summed E-state index contributed by atoms with van der Waals surface area (Å²) >= 11 is 0. The van der Waals surface area contributed by atoms with Crippen molar-refractivity contribution < 1.29 is 24.5 Å². The number of carbonyl (C=O) groups is 1. The summed E-state index contributed by atoms with van der Waals surface area (Å²) in [5, 5.41) is 26.2. The van der Waals surface area contributed by atoms with Crippen LogP contribution in [0, 0.1) is 12.8 Å². The van der Waals surface area contributed by atoms with Gasteiger partial charge in [0.25, 0.3) is 5.56 Å². The Labute approximate surface area is 219 Å². The highest BCUT2D eigenvalue weighted by Crippen LogP contribution is 2.65. The number of hydrogen-bond acceptors (Lipinski definition) is 8. The molecule has 4 heterocycles. The largest absolute Gasteiger partial charge is 0.504 e. The normalized spacial score (nSPS) is 29.8. The number of aromatic hydroxyl groups is 1. The van der Waals surface area contributed by atoms with E-state index in [4.69, 9.17) is 14.5 Å². The van der Waals surface area contributed by atoms with E-state index in [1.807, 2.05) is 13.0 Å². The Kier molecular flexibility index (Phi) is 4.89. The monoisotopic (exact) mass is 520 g/mol. The minimum absolute atomic E-state index is 0.00425. The number of aromatic nitrogens is 3. The van der Waals surface area contributed by atoms with Crippen LogP contribution in [0.1, 0.15) is 72.0 Å². The molecule has 4 atom stereocenters. The van der Waals surface area contributed by atoms with Crippen LogP contribution in [0.25, 0.3) is 5.65 Å². The number of nitrogens with zero attached hydrogens (tertiary/aromatic N) is 3. The fraction of sp³-hybridized carbons (Fsp3) is 0.536. The first-order chi connectivity index (χ1) is 18.2. The lowest BCUT2D eigenvalue weighted by atomic mass is 9.53. The zero-order chi connectivity index (χ0) is 26.6. The molecule has 0 unspecified atom stereocenters. The van der Waals surface area contributed by atoms with Gasteiger partial charge in [-0.25, -0.2) is 14.3 Å². The molecule has 10 nitrogen and oxygen atoms in total. The number of hydrogen-bond donors (Lipinski definition) is 3. The molecule has 2 aliphatic carbocycles. The first-order valence-electron chi connectivity index (χ1n) is 13.4. The van der Waals surface area contributed by atoms with Crippen molar-refractivity contribution in [1.29, 1.82) is 0 Å². The summed E-state index contributed by atoms with van der Waals surface area (Å²) in [7, 11) is 0. The SMILES string of the molecule is CCOC(=O)c1c[nH]n2c(=O)c(C)c([C@@H]3Oc4c(O)ccc5c4[C@@]34CCN(CC3CC3)[C@H](C5)[C@@]4(C)O)nc12. The number of piperidine rings is 1. The average Bonchev–Trinajstić information content (AvgIpc) is 3.47. The maximum atomic E-state index is 13.5. The predicted molar refractivity (Wildman–Crippen MR) is 137 cm³/mol. The highest BCUT2D eigenvalue weighted by molar-refractivity contribution is 5.95. The summed E-state index contributed by atoms with van der Waals surface area (Å²) in [5.74, 6) is 0.445. The third kappa shape index (κ3) is 2.93. The van der Waals surface area contributed by atoms with Gasteiger partial charge >= 0.3 is 5.97 Å². The van der Waals surface area contributed by atoms with E-state index < -0.39 is 23.1 Å².